The quantitative estimate of drug-likeness (QED) is 0.854. The number of hydrogen-bond donors (Lipinski definition) is 1. The van der Waals surface area contributed by atoms with Gasteiger partial charge in [-0.3, -0.25) is 4.79 Å². The molecule has 0 aliphatic heterocycles. The molecule has 2 aromatic rings. The highest BCUT2D eigenvalue weighted by atomic mass is 16.5. The minimum Gasteiger partial charge on any atom is -0.364 e. The van der Waals surface area contributed by atoms with Gasteiger partial charge in [0.2, 0.25) is 5.89 Å². The van der Waals surface area contributed by atoms with Crippen molar-refractivity contribution in [3.8, 4) is 0 Å². The van der Waals surface area contributed by atoms with Crippen molar-refractivity contribution in [2.45, 2.75) is 26.3 Å². The van der Waals surface area contributed by atoms with Crippen molar-refractivity contribution in [1.82, 2.24) is 20.6 Å². The Morgan fingerprint density at radius 2 is 2.29 bits per heavy atom. The van der Waals surface area contributed by atoms with Crippen molar-refractivity contribution >= 4 is 5.91 Å². The van der Waals surface area contributed by atoms with Crippen LogP contribution in [0, 0.1) is 0 Å². The van der Waals surface area contributed by atoms with Gasteiger partial charge < -0.3 is 14.4 Å². The number of carbonyl (C=O) groups excluding carboxylic acids is 1. The van der Waals surface area contributed by atoms with Crippen molar-refractivity contribution in [1.29, 1.82) is 0 Å². The van der Waals surface area contributed by atoms with Crippen LogP contribution >= 0.6 is 0 Å². The zero-order valence-electron chi connectivity index (χ0n) is 9.51. The van der Waals surface area contributed by atoms with Crippen LogP contribution < -0.4 is 5.32 Å². The molecule has 0 aromatic carbocycles. The van der Waals surface area contributed by atoms with Crippen LogP contribution in [0.5, 0.6) is 0 Å². The first-order valence-electron chi connectivity index (χ1n) is 5.18. The molecule has 0 spiro atoms. The average Bonchev–Trinajstić information content (AvgIpc) is 2.97. The van der Waals surface area contributed by atoms with Crippen LogP contribution in [0.2, 0.25) is 0 Å². The zero-order valence-corrected chi connectivity index (χ0v) is 9.51. The number of aromatic nitrogens is 3. The molecule has 0 saturated carbocycles. The summed E-state index contributed by atoms with van der Waals surface area (Å²) in [6.07, 6.45) is 1.33. The lowest BCUT2D eigenvalue weighted by Crippen LogP contribution is -2.23. The largest absolute Gasteiger partial charge is 0.364 e. The molecule has 0 atom stereocenters. The molecule has 0 saturated heterocycles. The van der Waals surface area contributed by atoms with Gasteiger partial charge in [-0.1, -0.05) is 24.2 Å². The van der Waals surface area contributed by atoms with Gasteiger partial charge in [-0.15, -0.1) is 0 Å². The fourth-order valence-electron chi connectivity index (χ4n) is 1.15. The van der Waals surface area contributed by atoms with Crippen LogP contribution in [0.25, 0.3) is 0 Å². The maximum absolute atomic E-state index is 11.5. The smallest absolute Gasteiger partial charge is 0.273 e. The summed E-state index contributed by atoms with van der Waals surface area (Å²) in [6, 6.07) is 1.47. The van der Waals surface area contributed by atoms with Gasteiger partial charge in [0.25, 0.3) is 5.91 Å². The summed E-state index contributed by atoms with van der Waals surface area (Å²) in [6.45, 7) is 4.09. The number of rotatable bonds is 4. The molecule has 0 aliphatic carbocycles. The minimum absolute atomic E-state index is 0.172. The molecule has 17 heavy (non-hydrogen) atoms. The predicted molar refractivity (Wildman–Crippen MR) is 56.1 cm³/mol. The number of amides is 1. The molecular weight excluding hydrogens is 224 g/mol. The van der Waals surface area contributed by atoms with Crippen LogP contribution in [-0.4, -0.2) is 21.2 Å². The third-order valence-corrected chi connectivity index (χ3v) is 2.07. The van der Waals surface area contributed by atoms with E-state index in [9.17, 15) is 4.79 Å². The lowest BCUT2D eigenvalue weighted by molar-refractivity contribution is 0.0937. The van der Waals surface area contributed by atoms with Gasteiger partial charge >= 0.3 is 0 Å². The van der Waals surface area contributed by atoms with E-state index in [2.05, 4.69) is 25.1 Å². The second kappa shape index (κ2) is 4.77. The van der Waals surface area contributed by atoms with E-state index in [1.165, 1.54) is 12.3 Å². The molecule has 0 aliphatic rings. The maximum Gasteiger partial charge on any atom is 0.273 e. The van der Waals surface area contributed by atoms with Gasteiger partial charge in [0.05, 0.1) is 6.54 Å². The first-order valence-corrected chi connectivity index (χ1v) is 5.18. The number of nitrogens with one attached hydrogen (secondary N) is 1. The topological polar surface area (TPSA) is 94.1 Å². The monoisotopic (exact) mass is 236 g/mol. The second-order valence-corrected chi connectivity index (χ2v) is 3.77. The number of hydrogen-bond acceptors (Lipinski definition) is 6. The molecule has 1 N–H and O–H groups in total. The van der Waals surface area contributed by atoms with Crippen molar-refractivity contribution in [3.63, 3.8) is 0 Å². The Hall–Kier alpha value is -2.18. The molecule has 0 bridgehead atoms. The lowest BCUT2D eigenvalue weighted by Gasteiger charge is -1.97. The minimum atomic E-state index is -0.344. The van der Waals surface area contributed by atoms with E-state index in [0.29, 0.717) is 11.7 Å². The normalized spacial score (nSPS) is 10.8. The van der Waals surface area contributed by atoms with E-state index in [4.69, 9.17) is 4.52 Å². The summed E-state index contributed by atoms with van der Waals surface area (Å²) in [5.41, 5.74) is 0.216. The highest BCUT2D eigenvalue weighted by Crippen LogP contribution is 2.09. The standard InChI is InChI=1S/C10H12N4O3/c1-6(2)9-12-8(17-14-9)5-11-10(15)7-3-4-16-13-7/h3-4,6H,5H2,1-2H3,(H,11,15). The molecule has 0 fully saturated rings. The van der Waals surface area contributed by atoms with E-state index >= 15 is 0 Å². The summed E-state index contributed by atoms with van der Waals surface area (Å²) in [5.74, 6) is 0.836. The van der Waals surface area contributed by atoms with Crippen molar-refractivity contribution in [2.24, 2.45) is 0 Å². The average molecular weight is 236 g/mol. The first-order chi connectivity index (χ1) is 8.16. The Morgan fingerprint density at radius 3 is 2.88 bits per heavy atom. The summed E-state index contributed by atoms with van der Waals surface area (Å²) in [5, 5.41) is 9.89. The second-order valence-electron chi connectivity index (χ2n) is 3.77. The van der Waals surface area contributed by atoms with E-state index < -0.39 is 0 Å². The highest BCUT2D eigenvalue weighted by Gasteiger charge is 2.12. The first kappa shape index (κ1) is 11.3. The van der Waals surface area contributed by atoms with E-state index in [-0.39, 0.29) is 24.1 Å². The van der Waals surface area contributed by atoms with Crippen LogP contribution in [0.1, 0.15) is 42.0 Å². The molecule has 2 heterocycles. The summed E-state index contributed by atoms with van der Waals surface area (Å²) < 4.78 is 9.54. The summed E-state index contributed by atoms with van der Waals surface area (Å²) >= 11 is 0. The SMILES string of the molecule is CC(C)c1noc(CNC(=O)c2ccon2)n1. The van der Waals surface area contributed by atoms with Gasteiger partial charge in [-0.05, 0) is 0 Å². The molecule has 0 radical (unpaired) electrons. The van der Waals surface area contributed by atoms with E-state index in [1.807, 2.05) is 13.8 Å². The fraction of sp³-hybridized carbons (Fsp3) is 0.400. The molecule has 90 valence electrons. The Labute approximate surface area is 97.2 Å². The van der Waals surface area contributed by atoms with E-state index in [0.717, 1.165) is 0 Å². The van der Waals surface area contributed by atoms with Gasteiger partial charge in [-0.2, -0.15) is 4.98 Å². The van der Waals surface area contributed by atoms with E-state index in [1.54, 1.807) is 0 Å². The van der Waals surface area contributed by atoms with Gasteiger partial charge in [0.1, 0.15) is 6.26 Å². The molecule has 7 nitrogen and oxygen atoms in total. The molecule has 0 unspecified atom stereocenters. The zero-order chi connectivity index (χ0) is 12.3. The highest BCUT2D eigenvalue weighted by molar-refractivity contribution is 5.91. The lowest BCUT2D eigenvalue weighted by atomic mass is 10.2. The van der Waals surface area contributed by atoms with Gasteiger partial charge in [0, 0.05) is 12.0 Å². The molecule has 2 rings (SSSR count). The number of nitrogens with zero attached hydrogens (tertiary/aromatic N) is 3. The van der Waals surface area contributed by atoms with Crippen molar-refractivity contribution in [2.75, 3.05) is 0 Å². The Bertz CT molecular complexity index is 489. The third kappa shape index (κ3) is 2.68. The molecule has 2 aromatic heterocycles. The Kier molecular flexibility index (Phi) is 3.17. The van der Waals surface area contributed by atoms with Crippen molar-refractivity contribution in [3.05, 3.63) is 29.7 Å². The molecule has 1 amide bonds. The Balaban J connectivity index is 1.91. The number of carbonyl (C=O) groups is 1. The Morgan fingerprint density at radius 1 is 1.47 bits per heavy atom. The van der Waals surface area contributed by atoms with Crippen LogP contribution in [0.3, 0.4) is 0 Å². The summed E-state index contributed by atoms with van der Waals surface area (Å²) in [4.78, 5) is 15.6. The maximum atomic E-state index is 11.5. The third-order valence-electron chi connectivity index (χ3n) is 2.07. The predicted octanol–water partition coefficient (Wildman–Crippen LogP) is 1.11. The van der Waals surface area contributed by atoms with Crippen molar-refractivity contribution < 1.29 is 13.8 Å². The van der Waals surface area contributed by atoms with Crippen LogP contribution in [-0.2, 0) is 6.54 Å². The van der Waals surface area contributed by atoms with Crippen LogP contribution in [0.4, 0.5) is 0 Å². The van der Waals surface area contributed by atoms with Crippen LogP contribution in [0.15, 0.2) is 21.4 Å². The summed E-state index contributed by atoms with van der Waals surface area (Å²) in [7, 11) is 0. The molecular formula is C10H12N4O3. The molecule has 7 heteroatoms. The van der Waals surface area contributed by atoms with Gasteiger partial charge in [0.15, 0.2) is 11.5 Å². The fourth-order valence-corrected chi connectivity index (χ4v) is 1.15. The van der Waals surface area contributed by atoms with Gasteiger partial charge in [-0.25, -0.2) is 0 Å².